The highest BCUT2D eigenvalue weighted by atomic mass is 35.5. The summed E-state index contributed by atoms with van der Waals surface area (Å²) in [4.78, 5) is 1.71. The molecule has 2 aromatic rings. The van der Waals surface area contributed by atoms with Gasteiger partial charge in [0.2, 0.25) is 0 Å². The van der Waals surface area contributed by atoms with Gasteiger partial charge in [0.05, 0.1) is 11.7 Å². The molecule has 0 aliphatic heterocycles. The number of nitrogens with zero attached hydrogens (tertiary/aromatic N) is 1. The van der Waals surface area contributed by atoms with E-state index < -0.39 is 0 Å². The fourth-order valence-corrected chi connectivity index (χ4v) is 2.32. The second-order valence-corrected chi connectivity index (χ2v) is 5.00. The van der Waals surface area contributed by atoms with Gasteiger partial charge in [-0.3, -0.25) is 0 Å². The molecule has 20 heavy (non-hydrogen) atoms. The normalized spacial score (nSPS) is 12.2. The molecule has 0 saturated heterocycles. The van der Waals surface area contributed by atoms with Gasteiger partial charge in [0, 0.05) is 18.5 Å². The molecule has 1 nitrogen and oxygen atoms in total. The molecule has 0 spiro atoms. The Morgan fingerprint density at radius 3 is 2.40 bits per heavy atom. The molecule has 2 aromatic carbocycles. The van der Waals surface area contributed by atoms with E-state index in [-0.39, 0.29) is 23.6 Å². The maximum Gasteiger partial charge on any atom is 0.146 e. The predicted octanol–water partition coefficient (Wildman–Crippen LogP) is 4.90. The fraction of sp³-hybridized carbons (Fsp3) is 0.250. The first kappa shape index (κ1) is 14.8. The lowest BCUT2D eigenvalue weighted by Crippen LogP contribution is -2.23. The van der Waals surface area contributed by atoms with E-state index in [0.717, 1.165) is 5.56 Å². The number of hydrogen-bond donors (Lipinski definition) is 0. The maximum atomic E-state index is 14.1. The lowest BCUT2D eigenvalue weighted by Gasteiger charge is -2.28. The minimum Gasteiger partial charge on any atom is -0.365 e. The van der Waals surface area contributed by atoms with Crippen molar-refractivity contribution >= 4 is 17.3 Å². The first-order valence-corrected chi connectivity index (χ1v) is 6.89. The maximum absolute atomic E-state index is 14.1. The average molecular weight is 296 g/mol. The van der Waals surface area contributed by atoms with Crippen molar-refractivity contribution in [2.45, 2.75) is 18.8 Å². The van der Waals surface area contributed by atoms with Crippen LogP contribution in [0.15, 0.2) is 42.5 Å². The molecular formula is C16H16ClF2N. The highest BCUT2D eigenvalue weighted by molar-refractivity contribution is 6.17. The second-order valence-electron chi connectivity index (χ2n) is 4.73. The van der Waals surface area contributed by atoms with Crippen molar-refractivity contribution in [3.63, 3.8) is 0 Å². The Morgan fingerprint density at radius 1 is 1.10 bits per heavy atom. The molecule has 1 atom stereocenters. The summed E-state index contributed by atoms with van der Waals surface area (Å²) in [5.41, 5.74) is 1.69. The van der Waals surface area contributed by atoms with Gasteiger partial charge in [-0.1, -0.05) is 24.3 Å². The summed E-state index contributed by atoms with van der Waals surface area (Å²) in [6, 6.07) is 11.1. The summed E-state index contributed by atoms with van der Waals surface area (Å²) >= 11 is 5.68. The standard InChI is InChI=1S/C16H16ClF2N/c1-11(13-5-3-4-6-14(13)18)20(2)16-8-7-12(10-17)9-15(16)19/h3-9,11H,10H2,1-2H3. The summed E-state index contributed by atoms with van der Waals surface area (Å²) in [6.07, 6.45) is 0. The highest BCUT2D eigenvalue weighted by Gasteiger charge is 2.18. The predicted molar refractivity (Wildman–Crippen MR) is 79.2 cm³/mol. The van der Waals surface area contributed by atoms with Crippen molar-refractivity contribution < 1.29 is 8.78 Å². The third-order valence-electron chi connectivity index (χ3n) is 3.48. The molecule has 0 heterocycles. The first-order chi connectivity index (χ1) is 9.54. The summed E-state index contributed by atoms with van der Waals surface area (Å²) < 4.78 is 27.9. The quantitative estimate of drug-likeness (QED) is 0.725. The fourth-order valence-electron chi connectivity index (χ4n) is 2.15. The van der Waals surface area contributed by atoms with Crippen LogP contribution in [0.2, 0.25) is 0 Å². The molecule has 0 bridgehead atoms. The van der Waals surface area contributed by atoms with Crippen molar-refractivity contribution in [2.24, 2.45) is 0 Å². The van der Waals surface area contributed by atoms with Crippen molar-refractivity contribution in [3.05, 3.63) is 65.2 Å². The van der Waals surface area contributed by atoms with Crippen LogP contribution < -0.4 is 4.90 Å². The molecule has 0 aromatic heterocycles. The number of rotatable bonds is 4. The average Bonchev–Trinajstić information content (AvgIpc) is 2.46. The lowest BCUT2D eigenvalue weighted by molar-refractivity contribution is 0.575. The number of benzene rings is 2. The van der Waals surface area contributed by atoms with E-state index >= 15 is 0 Å². The van der Waals surface area contributed by atoms with Gasteiger partial charge in [0.25, 0.3) is 0 Å². The van der Waals surface area contributed by atoms with Crippen LogP contribution in [0.25, 0.3) is 0 Å². The molecule has 0 amide bonds. The van der Waals surface area contributed by atoms with Crippen LogP contribution in [0.5, 0.6) is 0 Å². The monoisotopic (exact) mass is 295 g/mol. The summed E-state index contributed by atoms with van der Waals surface area (Å²) in [6.45, 7) is 1.84. The minimum atomic E-state index is -0.353. The van der Waals surface area contributed by atoms with Crippen LogP contribution in [-0.4, -0.2) is 7.05 Å². The Kier molecular flexibility index (Phi) is 4.61. The van der Waals surface area contributed by atoms with E-state index in [1.54, 1.807) is 42.3 Å². The first-order valence-electron chi connectivity index (χ1n) is 6.36. The molecule has 0 radical (unpaired) electrons. The molecular weight excluding hydrogens is 280 g/mol. The summed E-state index contributed by atoms with van der Waals surface area (Å²) in [5, 5.41) is 0. The van der Waals surface area contributed by atoms with Crippen LogP contribution >= 0.6 is 11.6 Å². The Balaban J connectivity index is 2.31. The number of halogens is 3. The second kappa shape index (κ2) is 6.23. The van der Waals surface area contributed by atoms with Crippen LogP contribution in [-0.2, 0) is 5.88 Å². The topological polar surface area (TPSA) is 3.24 Å². The van der Waals surface area contributed by atoms with Gasteiger partial charge < -0.3 is 4.90 Å². The molecule has 2 rings (SSSR count). The smallest absolute Gasteiger partial charge is 0.146 e. The van der Waals surface area contributed by atoms with Crippen molar-refractivity contribution in [1.29, 1.82) is 0 Å². The van der Waals surface area contributed by atoms with Crippen LogP contribution in [0, 0.1) is 11.6 Å². The van der Waals surface area contributed by atoms with Crippen molar-refractivity contribution in [2.75, 3.05) is 11.9 Å². The molecule has 106 valence electrons. The molecule has 0 aliphatic rings. The molecule has 0 aliphatic carbocycles. The molecule has 4 heteroatoms. The molecule has 0 saturated carbocycles. The van der Waals surface area contributed by atoms with Gasteiger partial charge in [0.15, 0.2) is 0 Å². The van der Waals surface area contributed by atoms with E-state index in [1.165, 1.54) is 12.1 Å². The van der Waals surface area contributed by atoms with E-state index in [2.05, 4.69) is 0 Å². The molecule has 0 N–H and O–H groups in total. The Morgan fingerprint density at radius 2 is 1.80 bits per heavy atom. The third kappa shape index (κ3) is 2.93. The van der Waals surface area contributed by atoms with Crippen LogP contribution in [0.4, 0.5) is 14.5 Å². The largest absolute Gasteiger partial charge is 0.365 e. The van der Waals surface area contributed by atoms with Gasteiger partial charge in [0.1, 0.15) is 11.6 Å². The van der Waals surface area contributed by atoms with E-state index in [0.29, 0.717) is 11.3 Å². The van der Waals surface area contributed by atoms with Gasteiger partial charge in [-0.25, -0.2) is 8.78 Å². The number of anilines is 1. The Hall–Kier alpha value is -1.61. The van der Waals surface area contributed by atoms with Gasteiger partial charge in [-0.15, -0.1) is 11.6 Å². The SMILES string of the molecule is CC(c1ccccc1F)N(C)c1ccc(CCl)cc1F. The molecule has 1 unspecified atom stereocenters. The number of hydrogen-bond acceptors (Lipinski definition) is 1. The Labute approximate surface area is 122 Å². The van der Waals surface area contributed by atoms with E-state index in [4.69, 9.17) is 11.6 Å². The van der Waals surface area contributed by atoms with Gasteiger partial charge in [-0.2, -0.15) is 0 Å². The van der Waals surface area contributed by atoms with Crippen molar-refractivity contribution in [1.82, 2.24) is 0 Å². The zero-order chi connectivity index (χ0) is 14.7. The van der Waals surface area contributed by atoms with E-state index in [1.807, 2.05) is 6.92 Å². The van der Waals surface area contributed by atoms with Gasteiger partial charge >= 0.3 is 0 Å². The summed E-state index contributed by atoms with van der Waals surface area (Å²) in [7, 11) is 1.75. The lowest BCUT2D eigenvalue weighted by atomic mass is 10.1. The number of alkyl halides is 1. The van der Waals surface area contributed by atoms with E-state index in [9.17, 15) is 8.78 Å². The zero-order valence-electron chi connectivity index (χ0n) is 11.4. The van der Waals surface area contributed by atoms with Crippen molar-refractivity contribution in [3.8, 4) is 0 Å². The minimum absolute atomic E-state index is 0.268. The molecule has 0 fully saturated rings. The van der Waals surface area contributed by atoms with Crippen LogP contribution in [0.3, 0.4) is 0 Å². The highest BCUT2D eigenvalue weighted by Crippen LogP contribution is 2.29. The third-order valence-corrected chi connectivity index (χ3v) is 3.79. The van der Waals surface area contributed by atoms with Crippen LogP contribution in [0.1, 0.15) is 24.1 Å². The Bertz CT molecular complexity index is 601. The van der Waals surface area contributed by atoms with Gasteiger partial charge in [-0.05, 0) is 30.7 Å². The zero-order valence-corrected chi connectivity index (χ0v) is 12.2. The summed E-state index contributed by atoms with van der Waals surface area (Å²) in [5.74, 6) is -0.373.